The number of non-ortho nitro benzene ring substituents is 1. The fourth-order valence-electron chi connectivity index (χ4n) is 2.51. The summed E-state index contributed by atoms with van der Waals surface area (Å²) in [6.45, 7) is 1.78. The van der Waals surface area contributed by atoms with E-state index in [0.29, 0.717) is 5.56 Å². The number of benzene rings is 2. The zero-order valence-electron chi connectivity index (χ0n) is 14.9. The summed E-state index contributed by atoms with van der Waals surface area (Å²) >= 11 is 0. The second-order valence-corrected chi connectivity index (χ2v) is 5.68. The molecule has 1 aromatic heterocycles. The van der Waals surface area contributed by atoms with E-state index in [4.69, 9.17) is 4.74 Å². The lowest BCUT2D eigenvalue weighted by Gasteiger charge is -2.09. The molecule has 1 heterocycles. The van der Waals surface area contributed by atoms with Crippen LogP contribution in [0.15, 0.2) is 60.8 Å². The quantitative estimate of drug-likeness (QED) is 0.280. The van der Waals surface area contributed by atoms with Crippen LogP contribution in [-0.2, 0) is 4.74 Å². The minimum Gasteiger partial charge on any atom is -0.462 e. The summed E-state index contributed by atoms with van der Waals surface area (Å²) in [5.41, 5.74) is 0.505. The standard InChI is InChI=1S/C20H15N3O5/c1-2-28-20(25)16-12-21-19(14-6-4-3-5-7-14)22-17(16)18(24)13-8-10-15(11-9-13)23(26)27/h3-12H,2H2,1H3. The van der Waals surface area contributed by atoms with Crippen LogP contribution < -0.4 is 0 Å². The maximum Gasteiger partial charge on any atom is 0.342 e. The Morgan fingerprint density at radius 3 is 2.36 bits per heavy atom. The van der Waals surface area contributed by atoms with E-state index in [1.165, 1.54) is 30.5 Å². The molecule has 0 saturated carbocycles. The first-order chi connectivity index (χ1) is 13.5. The van der Waals surface area contributed by atoms with Crippen molar-refractivity contribution in [3.63, 3.8) is 0 Å². The van der Waals surface area contributed by atoms with Crippen LogP contribution >= 0.6 is 0 Å². The molecule has 0 saturated heterocycles. The highest BCUT2D eigenvalue weighted by molar-refractivity contribution is 6.13. The fourth-order valence-corrected chi connectivity index (χ4v) is 2.51. The summed E-state index contributed by atoms with van der Waals surface area (Å²) in [4.78, 5) is 43.9. The number of aromatic nitrogens is 2. The van der Waals surface area contributed by atoms with E-state index >= 15 is 0 Å². The van der Waals surface area contributed by atoms with Crippen LogP contribution in [-0.4, -0.2) is 33.3 Å². The molecule has 140 valence electrons. The molecule has 0 spiro atoms. The molecule has 0 unspecified atom stereocenters. The Balaban J connectivity index is 2.08. The Kier molecular flexibility index (Phi) is 5.50. The average Bonchev–Trinajstić information content (AvgIpc) is 2.73. The molecule has 0 radical (unpaired) electrons. The molecule has 0 amide bonds. The number of nitro benzene ring substituents is 1. The van der Waals surface area contributed by atoms with Crippen LogP contribution in [0.5, 0.6) is 0 Å². The van der Waals surface area contributed by atoms with E-state index in [0.717, 1.165) is 0 Å². The third-order valence-electron chi connectivity index (χ3n) is 3.87. The topological polar surface area (TPSA) is 112 Å². The molecule has 8 heteroatoms. The van der Waals surface area contributed by atoms with Crippen molar-refractivity contribution < 1.29 is 19.2 Å². The molecular formula is C20H15N3O5. The Morgan fingerprint density at radius 2 is 1.75 bits per heavy atom. The van der Waals surface area contributed by atoms with Crippen LogP contribution in [0.3, 0.4) is 0 Å². The van der Waals surface area contributed by atoms with E-state index in [2.05, 4.69) is 9.97 Å². The van der Waals surface area contributed by atoms with Gasteiger partial charge in [0, 0.05) is 29.5 Å². The van der Waals surface area contributed by atoms with Crippen LogP contribution in [0.25, 0.3) is 11.4 Å². The molecule has 3 aromatic rings. The predicted molar refractivity (Wildman–Crippen MR) is 100.0 cm³/mol. The highest BCUT2D eigenvalue weighted by Crippen LogP contribution is 2.20. The molecule has 8 nitrogen and oxygen atoms in total. The molecule has 28 heavy (non-hydrogen) atoms. The van der Waals surface area contributed by atoms with E-state index in [1.807, 2.05) is 6.07 Å². The highest BCUT2D eigenvalue weighted by atomic mass is 16.6. The Labute approximate surface area is 160 Å². The van der Waals surface area contributed by atoms with Gasteiger partial charge in [-0.2, -0.15) is 0 Å². The van der Waals surface area contributed by atoms with E-state index in [9.17, 15) is 19.7 Å². The number of carbonyl (C=O) groups excluding carboxylic acids is 2. The van der Waals surface area contributed by atoms with Crippen molar-refractivity contribution >= 4 is 17.4 Å². The molecule has 3 rings (SSSR count). The molecular weight excluding hydrogens is 362 g/mol. The minimum absolute atomic E-state index is 0.0649. The van der Waals surface area contributed by atoms with Crippen LogP contribution in [0, 0.1) is 10.1 Å². The SMILES string of the molecule is CCOC(=O)c1cnc(-c2ccccc2)nc1C(=O)c1ccc([N+](=O)[O-])cc1. The Bertz CT molecular complexity index is 1030. The Hall–Kier alpha value is -3.94. The minimum atomic E-state index is -0.715. The summed E-state index contributed by atoms with van der Waals surface area (Å²) < 4.78 is 4.99. The van der Waals surface area contributed by atoms with Crippen molar-refractivity contribution in [1.29, 1.82) is 0 Å². The first-order valence-corrected chi connectivity index (χ1v) is 8.40. The number of ether oxygens (including phenoxy) is 1. The van der Waals surface area contributed by atoms with Gasteiger partial charge >= 0.3 is 5.97 Å². The largest absolute Gasteiger partial charge is 0.462 e. The summed E-state index contributed by atoms with van der Waals surface area (Å²) in [5.74, 6) is -0.996. The normalized spacial score (nSPS) is 10.3. The van der Waals surface area contributed by atoms with Crippen LogP contribution in [0.2, 0.25) is 0 Å². The number of hydrogen-bond donors (Lipinski definition) is 0. The van der Waals surface area contributed by atoms with Gasteiger partial charge in [-0.15, -0.1) is 0 Å². The molecule has 0 bridgehead atoms. The average molecular weight is 377 g/mol. The summed E-state index contributed by atoms with van der Waals surface area (Å²) in [5, 5.41) is 10.8. The second kappa shape index (κ2) is 8.17. The molecule has 0 atom stereocenters. The zero-order valence-corrected chi connectivity index (χ0v) is 14.9. The molecule has 0 aliphatic carbocycles. The summed E-state index contributed by atoms with van der Waals surface area (Å²) in [6, 6.07) is 14.1. The van der Waals surface area contributed by atoms with Gasteiger partial charge in [0.25, 0.3) is 5.69 Å². The third-order valence-corrected chi connectivity index (χ3v) is 3.87. The van der Waals surface area contributed by atoms with Gasteiger partial charge in [-0.1, -0.05) is 30.3 Å². The lowest BCUT2D eigenvalue weighted by Crippen LogP contribution is -2.16. The molecule has 0 fully saturated rings. The van der Waals surface area contributed by atoms with Crippen molar-refractivity contribution in [1.82, 2.24) is 9.97 Å². The molecule has 0 N–H and O–H groups in total. The van der Waals surface area contributed by atoms with Gasteiger partial charge in [0.05, 0.1) is 11.5 Å². The van der Waals surface area contributed by atoms with Gasteiger partial charge in [-0.05, 0) is 19.1 Å². The number of carbonyl (C=O) groups is 2. The van der Waals surface area contributed by atoms with Gasteiger partial charge in [-0.25, -0.2) is 14.8 Å². The van der Waals surface area contributed by atoms with Gasteiger partial charge in [0.15, 0.2) is 5.82 Å². The van der Waals surface area contributed by atoms with E-state index in [1.54, 1.807) is 31.2 Å². The fraction of sp³-hybridized carbons (Fsp3) is 0.100. The van der Waals surface area contributed by atoms with Gasteiger partial charge in [0.1, 0.15) is 11.3 Å². The smallest absolute Gasteiger partial charge is 0.342 e. The molecule has 0 aliphatic rings. The van der Waals surface area contributed by atoms with Crippen molar-refractivity contribution in [2.75, 3.05) is 6.61 Å². The number of rotatable bonds is 6. The monoisotopic (exact) mass is 377 g/mol. The molecule has 0 aliphatic heterocycles. The second-order valence-electron chi connectivity index (χ2n) is 5.68. The van der Waals surface area contributed by atoms with Crippen molar-refractivity contribution in [3.05, 3.63) is 87.7 Å². The maximum absolute atomic E-state index is 13.0. The number of esters is 1. The zero-order chi connectivity index (χ0) is 20.1. The van der Waals surface area contributed by atoms with Crippen LogP contribution in [0.4, 0.5) is 5.69 Å². The lowest BCUT2D eigenvalue weighted by atomic mass is 10.0. The summed E-state index contributed by atoms with van der Waals surface area (Å²) in [6.07, 6.45) is 1.26. The van der Waals surface area contributed by atoms with Crippen LogP contribution in [0.1, 0.15) is 33.3 Å². The number of ketones is 1. The van der Waals surface area contributed by atoms with Crippen molar-refractivity contribution in [2.45, 2.75) is 6.92 Å². The van der Waals surface area contributed by atoms with Gasteiger partial charge in [-0.3, -0.25) is 14.9 Å². The first kappa shape index (κ1) is 18.8. The van der Waals surface area contributed by atoms with Crippen molar-refractivity contribution in [2.24, 2.45) is 0 Å². The van der Waals surface area contributed by atoms with E-state index in [-0.39, 0.29) is 34.9 Å². The van der Waals surface area contributed by atoms with Crippen molar-refractivity contribution in [3.8, 4) is 11.4 Å². The first-order valence-electron chi connectivity index (χ1n) is 8.40. The number of nitro groups is 1. The Morgan fingerprint density at radius 1 is 1.07 bits per heavy atom. The predicted octanol–water partition coefficient (Wildman–Crippen LogP) is 3.46. The molecule has 2 aromatic carbocycles. The van der Waals surface area contributed by atoms with Gasteiger partial charge < -0.3 is 4.74 Å². The number of hydrogen-bond acceptors (Lipinski definition) is 7. The van der Waals surface area contributed by atoms with E-state index < -0.39 is 16.7 Å². The lowest BCUT2D eigenvalue weighted by molar-refractivity contribution is -0.384. The maximum atomic E-state index is 13.0. The summed E-state index contributed by atoms with van der Waals surface area (Å²) in [7, 11) is 0. The number of nitrogens with zero attached hydrogens (tertiary/aromatic N) is 3. The highest BCUT2D eigenvalue weighted by Gasteiger charge is 2.23. The third kappa shape index (κ3) is 3.90. The van der Waals surface area contributed by atoms with Gasteiger partial charge in [0.2, 0.25) is 5.78 Å².